The third-order valence-electron chi connectivity index (χ3n) is 6.38. The van der Waals surface area contributed by atoms with Crippen molar-refractivity contribution in [1.29, 1.82) is 0 Å². The number of H-pyrrole nitrogens is 1. The van der Waals surface area contributed by atoms with Gasteiger partial charge in [0.1, 0.15) is 5.52 Å². The lowest BCUT2D eigenvalue weighted by molar-refractivity contribution is -0.00590. The molecule has 28 heavy (non-hydrogen) atoms. The summed E-state index contributed by atoms with van der Waals surface area (Å²) >= 11 is 13.0. The Bertz CT molecular complexity index is 1010. The van der Waals surface area contributed by atoms with Crippen LogP contribution in [0.2, 0.25) is 10.0 Å². The van der Waals surface area contributed by atoms with Gasteiger partial charge in [0.15, 0.2) is 0 Å². The van der Waals surface area contributed by atoms with Gasteiger partial charge in [0.25, 0.3) is 0 Å². The molecule has 0 unspecified atom stereocenters. The Kier molecular flexibility index (Phi) is 4.53. The summed E-state index contributed by atoms with van der Waals surface area (Å²) in [6, 6.07) is 10.6. The van der Waals surface area contributed by atoms with E-state index in [-0.39, 0.29) is 0 Å². The second-order valence-electron chi connectivity index (χ2n) is 8.24. The monoisotopic (exact) mass is 414 g/mol. The zero-order valence-electron chi connectivity index (χ0n) is 16.0. The molecule has 2 aromatic carbocycles. The van der Waals surface area contributed by atoms with Crippen LogP contribution in [-0.4, -0.2) is 47.8 Å². The molecule has 1 spiro atoms. The van der Waals surface area contributed by atoms with Crippen molar-refractivity contribution in [3.8, 4) is 11.1 Å². The van der Waals surface area contributed by atoms with Gasteiger partial charge in [-0.25, -0.2) is 0 Å². The van der Waals surface area contributed by atoms with Crippen LogP contribution in [-0.2, 0) is 0 Å². The number of piperidine rings is 1. The van der Waals surface area contributed by atoms with Crippen molar-refractivity contribution in [3.05, 3.63) is 46.6 Å². The van der Waals surface area contributed by atoms with Crippen molar-refractivity contribution in [2.45, 2.75) is 19.8 Å². The first-order valence-electron chi connectivity index (χ1n) is 9.98. The van der Waals surface area contributed by atoms with E-state index < -0.39 is 0 Å². The maximum Gasteiger partial charge on any atom is 0.113 e. The Balaban J connectivity index is 1.40. The van der Waals surface area contributed by atoms with Crippen molar-refractivity contribution in [2.24, 2.45) is 5.41 Å². The standard InChI is InChI=1S/C22H24Cl2N4/c1-2-27-12-22(13-27)8-3-9-28(14-22)16-6-4-15(5-7-16)17-10-19(23)18-11-25-26-21(18)20(17)24/h4-7,10-11H,2-3,8-9,12-14H2,1H3,(H,25,26). The van der Waals surface area contributed by atoms with Crippen molar-refractivity contribution < 1.29 is 0 Å². The highest BCUT2D eigenvalue weighted by Crippen LogP contribution is 2.41. The molecule has 1 aromatic heterocycles. The number of anilines is 1. The van der Waals surface area contributed by atoms with Gasteiger partial charge in [-0.05, 0) is 43.1 Å². The molecule has 3 aromatic rings. The van der Waals surface area contributed by atoms with Gasteiger partial charge in [-0.2, -0.15) is 5.10 Å². The number of likely N-dealkylation sites (tertiary alicyclic amines) is 1. The Morgan fingerprint density at radius 3 is 2.68 bits per heavy atom. The highest BCUT2D eigenvalue weighted by atomic mass is 35.5. The van der Waals surface area contributed by atoms with Crippen LogP contribution in [0, 0.1) is 5.41 Å². The van der Waals surface area contributed by atoms with Gasteiger partial charge in [0.2, 0.25) is 0 Å². The van der Waals surface area contributed by atoms with Crippen LogP contribution in [0.3, 0.4) is 0 Å². The first kappa shape index (κ1) is 18.3. The lowest BCUT2D eigenvalue weighted by atomic mass is 9.73. The summed E-state index contributed by atoms with van der Waals surface area (Å²) in [6.45, 7) is 8.21. The summed E-state index contributed by atoms with van der Waals surface area (Å²) < 4.78 is 0. The molecule has 2 saturated heterocycles. The van der Waals surface area contributed by atoms with E-state index in [9.17, 15) is 0 Å². The van der Waals surface area contributed by atoms with Crippen LogP contribution in [0.1, 0.15) is 19.8 Å². The van der Waals surface area contributed by atoms with Crippen molar-refractivity contribution >= 4 is 39.8 Å². The number of fused-ring (bicyclic) bond motifs is 1. The Hall–Kier alpha value is -1.75. The molecule has 4 nitrogen and oxygen atoms in total. The van der Waals surface area contributed by atoms with E-state index in [0.29, 0.717) is 15.5 Å². The fraction of sp³-hybridized carbons (Fsp3) is 0.409. The average molecular weight is 415 g/mol. The molecular formula is C22H24Cl2N4. The SMILES string of the molecule is CCN1CC2(CCCN(c3ccc(-c4cc(Cl)c5c[nH]nc5c4Cl)cc3)C2)C1. The summed E-state index contributed by atoms with van der Waals surface area (Å²) in [5.74, 6) is 0. The molecule has 0 amide bonds. The molecule has 146 valence electrons. The number of rotatable bonds is 3. The number of nitrogens with one attached hydrogen (secondary N) is 1. The van der Waals surface area contributed by atoms with Crippen LogP contribution in [0.5, 0.6) is 0 Å². The second kappa shape index (κ2) is 6.94. The first-order valence-corrected chi connectivity index (χ1v) is 10.7. The molecule has 0 atom stereocenters. The molecule has 0 saturated carbocycles. The molecule has 2 aliphatic heterocycles. The van der Waals surface area contributed by atoms with Gasteiger partial charge in [0, 0.05) is 54.4 Å². The highest BCUT2D eigenvalue weighted by molar-refractivity contribution is 6.42. The third-order valence-corrected chi connectivity index (χ3v) is 7.08. The first-order chi connectivity index (χ1) is 13.6. The quantitative estimate of drug-likeness (QED) is 0.617. The van der Waals surface area contributed by atoms with E-state index in [1.807, 2.05) is 6.07 Å². The number of nitrogens with zero attached hydrogens (tertiary/aromatic N) is 3. The van der Waals surface area contributed by atoms with E-state index in [1.54, 1.807) is 6.20 Å². The lowest BCUT2D eigenvalue weighted by Crippen LogP contribution is -2.62. The van der Waals surface area contributed by atoms with E-state index in [2.05, 4.69) is 51.2 Å². The van der Waals surface area contributed by atoms with Gasteiger partial charge < -0.3 is 9.80 Å². The zero-order valence-corrected chi connectivity index (χ0v) is 17.5. The van der Waals surface area contributed by atoms with Gasteiger partial charge in [-0.3, -0.25) is 5.10 Å². The van der Waals surface area contributed by atoms with Gasteiger partial charge in [-0.1, -0.05) is 42.3 Å². The molecule has 0 aliphatic carbocycles. The Morgan fingerprint density at radius 1 is 1.14 bits per heavy atom. The van der Waals surface area contributed by atoms with Crippen LogP contribution in [0.4, 0.5) is 5.69 Å². The summed E-state index contributed by atoms with van der Waals surface area (Å²) in [6.07, 6.45) is 4.41. The summed E-state index contributed by atoms with van der Waals surface area (Å²) in [5.41, 5.74) is 4.49. The van der Waals surface area contributed by atoms with Crippen LogP contribution >= 0.6 is 23.2 Å². The summed E-state index contributed by atoms with van der Waals surface area (Å²) in [5, 5.41) is 9.25. The van der Waals surface area contributed by atoms with Crippen molar-refractivity contribution in [2.75, 3.05) is 37.6 Å². The molecule has 2 fully saturated rings. The minimum absolute atomic E-state index is 0.495. The summed E-state index contributed by atoms with van der Waals surface area (Å²) in [4.78, 5) is 5.09. The van der Waals surface area contributed by atoms with E-state index in [4.69, 9.17) is 23.2 Å². The predicted octanol–water partition coefficient (Wildman–Crippen LogP) is 5.46. The number of benzene rings is 2. The van der Waals surface area contributed by atoms with Gasteiger partial charge in [0.05, 0.1) is 10.0 Å². The average Bonchev–Trinajstić information content (AvgIpc) is 3.20. The normalized spacial score (nSPS) is 19.3. The molecule has 1 N–H and O–H groups in total. The maximum absolute atomic E-state index is 6.61. The molecule has 3 heterocycles. The minimum atomic E-state index is 0.495. The second-order valence-corrected chi connectivity index (χ2v) is 9.03. The van der Waals surface area contributed by atoms with Crippen molar-refractivity contribution in [1.82, 2.24) is 15.1 Å². The molecule has 5 rings (SSSR count). The molecule has 2 aliphatic rings. The van der Waals surface area contributed by atoms with Gasteiger partial charge in [-0.15, -0.1) is 0 Å². The number of hydrogen-bond acceptors (Lipinski definition) is 3. The fourth-order valence-electron chi connectivity index (χ4n) is 4.91. The van der Waals surface area contributed by atoms with E-state index in [0.717, 1.165) is 35.1 Å². The maximum atomic E-state index is 6.61. The number of aromatic amines is 1. The predicted molar refractivity (Wildman–Crippen MR) is 118 cm³/mol. The summed E-state index contributed by atoms with van der Waals surface area (Å²) in [7, 11) is 0. The van der Waals surface area contributed by atoms with Crippen molar-refractivity contribution in [3.63, 3.8) is 0 Å². The zero-order chi connectivity index (χ0) is 19.3. The van der Waals surface area contributed by atoms with E-state index in [1.165, 1.54) is 38.2 Å². The molecular weight excluding hydrogens is 391 g/mol. The molecule has 0 radical (unpaired) electrons. The lowest BCUT2D eigenvalue weighted by Gasteiger charge is -2.55. The Labute approximate surface area is 175 Å². The molecule has 0 bridgehead atoms. The van der Waals surface area contributed by atoms with Crippen LogP contribution in [0.25, 0.3) is 22.0 Å². The smallest absolute Gasteiger partial charge is 0.113 e. The van der Waals surface area contributed by atoms with E-state index >= 15 is 0 Å². The Morgan fingerprint density at radius 2 is 1.93 bits per heavy atom. The number of hydrogen-bond donors (Lipinski definition) is 1. The third kappa shape index (κ3) is 2.99. The fourth-order valence-corrected chi connectivity index (χ4v) is 5.47. The topological polar surface area (TPSA) is 35.2 Å². The highest BCUT2D eigenvalue weighted by Gasteiger charge is 2.44. The number of aromatic nitrogens is 2. The number of halogens is 2. The van der Waals surface area contributed by atoms with Crippen LogP contribution in [0.15, 0.2) is 36.5 Å². The largest absolute Gasteiger partial charge is 0.371 e. The van der Waals surface area contributed by atoms with Gasteiger partial charge >= 0.3 is 0 Å². The molecule has 6 heteroatoms. The van der Waals surface area contributed by atoms with Crippen LogP contribution < -0.4 is 4.90 Å². The minimum Gasteiger partial charge on any atom is -0.371 e.